The Morgan fingerprint density at radius 3 is 1.11 bits per heavy atom. The van der Waals surface area contributed by atoms with Crippen molar-refractivity contribution >= 4 is 0 Å². The quantitative estimate of drug-likeness (QED) is 0.161. The molecule has 2 aliphatic rings. The molecule has 0 saturated heterocycles. The van der Waals surface area contributed by atoms with Crippen molar-refractivity contribution in [1.29, 1.82) is 0 Å². The van der Waals surface area contributed by atoms with E-state index in [9.17, 15) is 0 Å². The zero-order valence-corrected chi connectivity index (χ0v) is 30.9. The van der Waals surface area contributed by atoms with Gasteiger partial charge in [0.1, 0.15) is 0 Å². The zero-order chi connectivity index (χ0) is 37.0. The lowest BCUT2D eigenvalue weighted by Crippen LogP contribution is -2.00. The topological polar surface area (TPSA) is 0 Å². The van der Waals surface area contributed by atoms with Gasteiger partial charge in [-0.3, -0.25) is 0 Å². The molecule has 0 bridgehead atoms. The van der Waals surface area contributed by atoms with Gasteiger partial charge in [0, 0.05) is 11.8 Å². The normalized spacial score (nSPS) is 14.8. The number of fused-ring (bicyclic) bond motifs is 6. The second-order valence-electron chi connectivity index (χ2n) is 15.2. The van der Waals surface area contributed by atoms with Crippen molar-refractivity contribution in [1.82, 2.24) is 0 Å². The number of hydrogen-bond acceptors (Lipinski definition) is 0. The molecule has 0 saturated carbocycles. The molecule has 262 valence electrons. The smallest absolute Gasteiger partial charge is 0.0352 e. The maximum atomic E-state index is 2.44. The van der Waals surface area contributed by atoms with E-state index in [2.05, 4.69) is 218 Å². The van der Waals surface area contributed by atoms with Gasteiger partial charge in [0.2, 0.25) is 0 Å². The molecule has 0 radical (unpaired) electrons. The van der Waals surface area contributed by atoms with Crippen molar-refractivity contribution in [2.75, 3.05) is 0 Å². The Morgan fingerprint density at radius 1 is 0.196 bits per heavy atom. The third-order valence-electron chi connectivity index (χ3n) is 12.0. The van der Waals surface area contributed by atoms with Crippen molar-refractivity contribution in [3.63, 3.8) is 0 Å². The summed E-state index contributed by atoms with van der Waals surface area (Å²) in [7, 11) is 0. The van der Waals surface area contributed by atoms with Crippen molar-refractivity contribution in [3.8, 4) is 66.8 Å². The molecule has 9 aromatic carbocycles. The highest BCUT2D eigenvalue weighted by atomic mass is 14.3. The lowest BCUT2D eigenvalue weighted by molar-refractivity contribution is 1.01. The first-order valence-corrected chi connectivity index (χ1v) is 19.6. The van der Waals surface area contributed by atoms with Crippen LogP contribution in [0.1, 0.15) is 45.2 Å². The van der Waals surface area contributed by atoms with Crippen LogP contribution in [0.25, 0.3) is 66.8 Å². The van der Waals surface area contributed by atoms with E-state index < -0.39 is 0 Å². The van der Waals surface area contributed by atoms with Gasteiger partial charge in [-0.15, -0.1) is 0 Å². The van der Waals surface area contributed by atoms with Crippen molar-refractivity contribution in [3.05, 3.63) is 252 Å². The maximum Gasteiger partial charge on any atom is 0.0352 e. The maximum absolute atomic E-state index is 2.44. The summed E-state index contributed by atoms with van der Waals surface area (Å²) in [5.74, 6) is 0.408. The second kappa shape index (κ2) is 13.4. The van der Waals surface area contributed by atoms with Gasteiger partial charge in [-0.2, -0.15) is 0 Å². The minimum atomic E-state index is 0.152. The Kier molecular flexibility index (Phi) is 7.74. The molecule has 0 nitrogen and oxygen atoms in total. The fraction of sp³-hybridized carbons (Fsp3) is 0.0357. The summed E-state index contributed by atoms with van der Waals surface area (Å²) in [4.78, 5) is 0. The van der Waals surface area contributed by atoms with Crippen LogP contribution in [0.4, 0.5) is 0 Å². The first-order valence-electron chi connectivity index (χ1n) is 19.6. The molecule has 2 unspecified atom stereocenters. The zero-order valence-electron chi connectivity index (χ0n) is 30.9. The molecule has 11 rings (SSSR count). The van der Waals surface area contributed by atoms with Gasteiger partial charge in [-0.25, -0.2) is 0 Å². The second-order valence-corrected chi connectivity index (χ2v) is 15.2. The van der Waals surface area contributed by atoms with Gasteiger partial charge >= 0.3 is 0 Å². The van der Waals surface area contributed by atoms with Crippen LogP contribution in [0.2, 0.25) is 0 Å². The average Bonchev–Trinajstić information content (AvgIpc) is 3.79. The molecule has 0 aliphatic heterocycles. The molecule has 2 atom stereocenters. The minimum Gasteiger partial charge on any atom is -0.0622 e. The molecule has 0 amide bonds. The highest BCUT2D eigenvalue weighted by Gasteiger charge is 2.32. The molecule has 0 N–H and O–H groups in total. The van der Waals surface area contributed by atoms with E-state index in [-0.39, 0.29) is 11.8 Å². The van der Waals surface area contributed by atoms with Gasteiger partial charge in [-0.1, -0.05) is 188 Å². The lowest BCUT2D eigenvalue weighted by atomic mass is 9.86. The molecule has 56 heavy (non-hydrogen) atoms. The summed E-state index contributed by atoms with van der Waals surface area (Å²) in [6.07, 6.45) is 0. The van der Waals surface area contributed by atoms with E-state index in [1.165, 1.54) is 100 Å². The van der Waals surface area contributed by atoms with Crippen LogP contribution >= 0.6 is 0 Å². The molecule has 0 aromatic heterocycles. The first-order chi connectivity index (χ1) is 27.8. The largest absolute Gasteiger partial charge is 0.0622 e. The van der Waals surface area contributed by atoms with E-state index >= 15 is 0 Å². The van der Waals surface area contributed by atoms with Crippen LogP contribution in [0.5, 0.6) is 0 Å². The summed E-state index contributed by atoms with van der Waals surface area (Å²) in [5.41, 5.74) is 23.4. The summed E-state index contributed by atoms with van der Waals surface area (Å²) in [6, 6.07) is 80.9. The molecular formula is C56H38. The fourth-order valence-electron chi connectivity index (χ4n) is 9.42. The van der Waals surface area contributed by atoms with E-state index in [0.29, 0.717) is 0 Å². The summed E-state index contributed by atoms with van der Waals surface area (Å²) in [6.45, 7) is 0. The van der Waals surface area contributed by atoms with Crippen LogP contribution < -0.4 is 0 Å². The van der Waals surface area contributed by atoms with Gasteiger partial charge in [0.05, 0.1) is 0 Å². The van der Waals surface area contributed by atoms with Crippen LogP contribution in [-0.4, -0.2) is 0 Å². The molecule has 0 heteroatoms. The number of hydrogen-bond donors (Lipinski definition) is 0. The minimum absolute atomic E-state index is 0.152. The Hall–Kier alpha value is -7.02. The predicted octanol–water partition coefficient (Wildman–Crippen LogP) is 14.7. The van der Waals surface area contributed by atoms with Crippen molar-refractivity contribution in [2.45, 2.75) is 11.8 Å². The predicted molar refractivity (Wildman–Crippen MR) is 234 cm³/mol. The van der Waals surface area contributed by atoms with E-state index in [1.54, 1.807) is 0 Å². The van der Waals surface area contributed by atoms with E-state index in [0.717, 1.165) is 0 Å². The fourth-order valence-corrected chi connectivity index (χ4v) is 9.42. The third-order valence-corrected chi connectivity index (χ3v) is 12.0. The summed E-state index contributed by atoms with van der Waals surface area (Å²) < 4.78 is 0. The Balaban J connectivity index is 0.995. The molecule has 0 heterocycles. The van der Waals surface area contributed by atoms with Gasteiger partial charge in [-0.05, 0) is 130 Å². The van der Waals surface area contributed by atoms with Crippen molar-refractivity contribution < 1.29 is 0 Å². The molecule has 0 spiro atoms. The molecule has 9 aromatic rings. The number of benzene rings is 9. The van der Waals surface area contributed by atoms with Crippen LogP contribution in [-0.2, 0) is 0 Å². The first kappa shape index (κ1) is 32.4. The Morgan fingerprint density at radius 2 is 0.571 bits per heavy atom. The molecule has 0 fully saturated rings. The third kappa shape index (κ3) is 5.45. The van der Waals surface area contributed by atoms with E-state index in [1.807, 2.05) is 0 Å². The summed E-state index contributed by atoms with van der Waals surface area (Å²) >= 11 is 0. The monoisotopic (exact) mass is 710 g/mol. The van der Waals surface area contributed by atoms with Gasteiger partial charge in [0.15, 0.2) is 0 Å². The van der Waals surface area contributed by atoms with Crippen LogP contribution in [0.3, 0.4) is 0 Å². The molecular weight excluding hydrogens is 673 g/mol. The van der Waals surface area contributed by atoms with Crippen molar-refractivity contribution in [2.24, 2.45) is 0 Å². The highest BCUT2D eigenvalue weighted by Crippen LogP contribution is 2.52. The highest BCUT2D eigenvalue weighted by molar-refractivity contribution is 5.88. The standard InChI is InChI=1S/C56H38/c1-4-15-37(16-5-1)44-32-45(38-17-6-2-7-18-38)34-46(33-44)40-21-14-22-43(31-40)56-50-26-13-11-24-48(50)54-36-42(28-30-52(54)56)41-27-29-51-53(35-41)47-23-10-12-25-49(47)55(51)39-19-8-3-9-20-39/h1-36,55-56H. The Labute approximate surface area is 329 Å². The summed E-state index contributed by atoms with van der Waals surface area (Å²) in [5, 5.41) is 0. The van der Waals surface area contributed by atoms with Crippen LogP contribution in [0.15, 0.2) is 218 Å². The SMILES string of the molecule is c1ccc(-c2cc(-c3ccccc3)cc(-c3cccc(C4c5ccccc5-c5cc(-c6ccc7c(c6)-c6ccccc6C7c6ccccc6)ccc54)c3)c2)cc1. The van der Waals surface area contributed by atoms with E-state index in [4.69, 9.17) is 0 Å². The van der Waals surface area contributed by atoms with Crippen LogP contribution in [0, 0.1) is 0 Å². The average molecular weight is 711 g/mol. The van der Waals surface area contributed by atoms with Gasteiger partial charge in [0.25, 0.3) is 0 Å². The lowest BCUT2D eigenvalue weighted by Gasteiger charge is -2.17. The Bertz CT molecular complexity index is 2840. The van der Waals surface area contributed by atoms with Gasteiger partial charge < -0.3 is 0 Å². The molecule has 2 aliphatic carbocycles. The number of rotatable bonds is 6.